The zero-order valence-electron chi connectivity index (χ0n) is 18.0. The predicted molar refractivity (Wildman–Crippen MR) is 120 cm³/mol. The Morgan fingerprint density at radius 2 is 1.65 bits per heavy atom. The Kier molecular flexibility index (Phi) is 7.32. The molecule has 3 aromatic rings. The van der Waals surface area contributed by atoms with Crippen molar-refractivity contribution in [1.29, 1.82) is 0 Å². The van der Waals surface area contributed by atoms with E-state index < -0.39 is 0 Å². The van der Waals surface area contributed by atoms with E-state index in [1.165, 1.54) is 11.5 Å². The quantitative estimate of drug-likeness (QED) is 0.525. The lowest BCUT2D eigenvalue weighted by Crippen LogP contribution is -2.51. The molecule has 0 saturated heterocycles. The van der Waals surface area contributed by atoms with Gasteiger partial charge in [-0.3, -0.25) is 4.79 Å². The molecular formula is C22H26N3O5S+. The number of rotatable bonds is 9. The Balaban J connectivity index is 2.07. The molecule has 0 aliphatic rings. The zero-order valence-corrected chi connectivity index (χ0v) is 18.8. The number of nitrogens with one attached hydrogen (secondary N) is 1. The first-order valence-corrected chi connectivity index (χ1v) is 10.4. The Hall–Kier alpha value is -3.30. The summed E-state index contributed by atoms with van der Waals surface area (Å²) in [4.78, 5) is 13.0. The standard InChI is InChI=1S/C22H25N3O5S/c1-27-17-6-5-13(9-16(17)25-20(26)7-8-23)15-12-24-31-22(15)14-10-18(28-2)21(30-4)19(11-14)29-3/h5-6,9-12H,7-8,23H2,1-4H3,(H,25,26)/p+1. The van der Waals surface area contributed by atoms with Crippen molar-refractivity contribution in [3.05, 3.63) is 36.5 Å². The number of quaternary nitrogens is 1. The van der Waals surface area contributed by atoms with E-state index in [-0.39, 0.29) is 5.91 Å². The summed E-state index contributed by atoms with van der Waals surface area (Å²) < 4.78 is 26.2. The Labute approximate surface area is 185 Å². The lowest BCUT2D eigenvalue weighted by Gasteiger charge is -2.15. The molecule has 2 aromatic carbocycles. The third-order valence-corrected chi connectivity index (χ3v) is 5.53. The summed E-state index contributed by atoms with van der Waals surface area (Å²) in [6.07, 6.45) is 2.14. The summed E-state index contributed by atoms with van der Waals surface area (Å²) in [7, 11) is 6.30. The van der Waals surface area contributed by atoms with Gasteiger partial charge in [-0.05, 0) is 41.4 Å². The van der Waals surface area contributed by atoms with E-state index in [2.05, 4.69) is 15.4 Å². The van der Waals surface area contributed by atoms with Gasteiger partial charge in [-0.2, -0.15) is 4.37 Å². The third-order valence-electron chi connectivity index (χ3n) is 4.69. The van der Waals surface area contributed by atoms with Gasteiger partial charge >= 0.3 is 0 Å². The highest BCUT2D eigenvalue weighted by molar-refractivity contribution is 7.10. The molecule has 31 heavy (non-hydrogen) atoms. The minimum Gasteiger partial charge on any atom is -0.495 e. The van der Waals surface area contributed by atoms with E-state index in [1.54, 1.807) is 34.6 Å². The van der Waals surface area contributed by atoms with Crippen molar-refractivity contribution in [2.75, 3.05) is 40.3 Å². The first-order chi connectivity index (χ1) is 15.1. The molecule has 1 amide bonds. The van der Waals surface area contributed by atoms with Crippen molar-refractivity contribution in [3.63, 3.8) is 0 Å². The van der Waals surface area contributed by atoms with Crippen LogP contribution in [0.4, 0.5) is 5.69 Å². The Morgan fingerprint density at radius 3 is 2.23 bits per heavy atom. The summed E-state index contributed by atoms with van der Waals surface area (Å²) in [6, 6.07) is 9.41. The molecule has 0 bridgehead atoms. The van der Waals surface area contributed by atoms with E-state index in [4.69, 9.17) is 18.9 Å². The monoisotopic (exact) mass is 444 g/mol. The second kappa shape index (κ2) is 10.1. The van der Waals surface area contributed by atoms with Crippen molar-refractivity contribution in [1.82, 2.24) is 4.37 Å². The number of carbonyl (C=O) groups excluding carboxylic acids is 1. The fraction of sp³-hybridized carbons (Fsp3) is 0.273. The first kappa shape index (κ1) is 22.4. The smallest absolute Gasteiger partial charge is 0.230 e. The summed E-state index contributed by atoms with van der Waals surface area (Å²) >= 11 is 1.36. The largest absolute Gasteiger partial charge is 0.495 e. The number of carbonyl (C=O) groups is 1. The van der Waals surface area contributed by atoms with E-state index in [0.717, 1.165) is 21.6 Å². The molecule has 9 heteroatoms. The first-order valence-electron chi connectivity index (χ1n) is 9.58. The fourth-order valence-corrected chi connectivity index (χ4v) is 3.97. The molecule has 0 fully saturated rings. The lowest BCUT2D eigenvalue weighted by molar-refractivity contribution is -0.365. The van der Waals surface area contributed by atoms with E-state index in [0.29, 0.717) is 41.7 Å². The summed E-state index contributed by atoms with van der Waals surface area (Å²) in [5.74, 6) is 2.12. The van der Waals surface area contributed by atoms with Crippen LogP contribution in [0, 0.1) is 0 Å². The van der Waals surface area contributed by atoms with Crippen LogP contribution in [0.1, 0.15) is 6.42 Å². The number of benzene rings is 2. The Morgan fingerprint density at radius 1 is 0.968 bits per heavy atom. The maximum absolute atomic E-state index is 12.1. The number of nitrogens with zero attached hydrogens (tertiary/aromatic N) is 1. The van der Waals surface area contributed by atoms with Crippen LogP contribution in [-0.4, -0.2) is 45.3 Å². The van der Waals surface area contributed by atoms with E-state index in [9.17, 15) is 4.79 Å². The molecule has 1 aromatic heterocycles. The van der Waals surface area contributed by atoms with Gasteiger partial charge in [0.2, 0.25) is 11.7 Å². The molecule has 0 aliphatic carbocycles. The highest BCUT2D eigenvalue weighted by Gasteiger charge is 2.19. The number of methoxy groups -OCH3 is 4. The molecule has 4 N–H and O–H groups in total. The molecule has 3 rings (SSSR count). The van der Waals surface area contributed by atoms with Crippen molar-refractivity contribution in [2.45, 2.75) is 6.42 Å². The molecule has 0 saturated carbocycles. The van der Waals surface area contributed by atoms with Crippen LogP contribution in [0.5, 0.6) is 23.0 Å². The van der Waals surface area contributed by atoms with E-state index in [1.807, 2.05) is 30.3 Å². The highest BCUT2D eigenvalue weighted by atomic mass is 32.1. The van der Waals surface area contributed by atoms with Crippen LogP contribution in [0.25, 0.3) is 21.6 Å². The predicted octanol–water partition coefficient (Wildman–Crippen LogP) is 3.08. The summed E-state index contributed by atoms with van der Waals surface area (Å²) in [5, 5.41) is 2.90. The third kappa shape index (κ3) is 4.73. The van der Waals surface area contributed by atoms with Gasteiger partial charge in [0.1, 0.15) is 5.75 Å². The second-order valence-corrected chi connectivity index (χ2v) is 7.35. The number of anilines is 1. The molecule has 0 radical (unpaired) electrons. The van der Waals surface area contributed by atoms with Gasteiger partial charge in [-0.15, -0.1) is 0 Å². The molecule has 0 unspecified atom stereocenters. The van der Waals surface area contributed by atoms with Crippen molar-refractivity contribution < 1.29 is 29.5 Å². The van der Waals surface area contributed by atoms with E-state index >= 15 is 0 Å². The molecule has 0 atom stereocenters. The Bertz CT molecular complexity index is 1040. The molecule has 1 heterocycles. The zero-order chi connectivity index (χ0) is 22.4. The number of hydrogen-bond donors (Lipinski definition) is 2. The summed E-state index contributed by atoms with van der Waals surface area (Å²) in [6.45, 7) is 0.521. The minimum atomic E-state index is -0.112. The second-order valence-electron chi connectivity index (χ2n) is 6.55. The van der Waals surface area contributed by atoms with Crippen LogP contribution in [0.3, 0.4) is 0 Å². The molecule has 0 aliphatic heterocycles. The maximum atomic E-state index is 12.1. The average molecular weight is 445 g/mol. The van der Waals surface area contributed by atoms with Gasteiger partial charge in [0.15, 0.2) is 11.5 Å². The van der Waals surface area contributed by atoms with Crippen LogP contribution in [0.2, 0.25) is 0 Å². The van der Waals surface area contributed by atoms with Crippen LogP contribution in [-0.2, 0) is 4.79 Å². The SMILES string of the molecule is COc1ccc(-c2cnsc2-c2cc(OC)c(OC)c(OC)c2)cc1NC(=O)CC[NH3+]. The van der Waals surface area contributed by atoms with Crippen LogP contribution < -0.4 is 30.0 Å². The topological polar surface area (TPSA) is 107 Å². The van der Waals surface area contributed by atoms with Gasteiger partial charge in [0, 0.05) is 17.3 Å². The molecule has 8 nitrogen and oxygen atoms in total. The highest BCUT2D eigenvalue weighted by Crippen LogP contribution is 2.45. The van der Waals surface area contributed by atoms with Gasteiger partial charge in [-0.1, -0.05) is 6.07 Å². The van der Waals surface area contributed by atoms with Crippen molar-refractivity contribution >= 4 is 23.1 Å². The van der Waals surface area contributed by atoms with Gasteiger partial charge < -0.3 is 30.0 Å². The maximum Gasteiger partial charge on any atom is 0.230 e. The van der Waals surface area contributed by atoms with Gasteiger partial charge in [-0.25, -0.2) is 0 Å². The number of amides is 1. The minimum absolute atomic E-state index is 0.112. The van der Waals surface area contributed by atoms with Crippen LogP contribution >= 0.6 is 11.5 Å². The molecule has 0 spiro atoms. The molecular weight excluding hydrogens is 418 g/mol. The summed E-state index contributed by atoms with van der Waals surface area (Å²) in [5.41, 5.74) is 7.01. The number of hydrogen-bond acceptors (Lipinski definition) is 7. The van der Waals surface area contributed by atoms with Crippen LogP contribution in [0.15, 0.2) is 36.5 Å². The number of ether oxygens (including phenoxy) is 4. The molecule has 164 valence electrons. The van der Waals surface area contributed by atoms with Crippen molar-refractivity contribution in [2.24, 2.45) is 0 Å². The van der Waals surface area contributed by atoms with Gasteiger partial charge in [0.05, 0.1) is 52.0 Å². The lowest BCUT2D eigenvalue weighted by atomic mass is 10.0. The normalized spacial score (nSPS) is 10.5. The average Bonchev–Trinajstić information content (AvgIpc) is 3.28. The fourth-order valence-electron chi connectivity index (χ4n) is 3.21. The van der Waals surface area contributed by atoms with Crippen molar-refractivity contribution in [3.8, 4) is 44.6 Å². The number of aromatic nitrogens is 1. The van der Waals surface area contributed by atoms with Gasteiger partial charge in [0.25, 0.3) is 0 Å².